The summed E-state index contributed by atoms with van der Waals surface area (Å²) in [5, 5.41) is 0. The summed E-state index contributed by atoms with van der Waals surface area (Å²) in [4.78, 5) is 4.19. The number of benzene rings is 1. The summed E-state index contributed by atoms with van der Waals surface area (Å²) in [5.74, 6) is 0.737. The molecule has 0 bridgehead atoms. The number of methoxy groups -OCH3 is 1. The van der Waals surface area contributed by atoms with E-state index in [0.29, 0.717) is 0 Å². The summed E-state index contributed by atoms with van der Waals surface area (Å²) in [6, 6.07) is 14.4. The summed E-state index contributed by atoms with van der Waals surface area (Å²) < 4.78 is 7.73. The third-order valence-electron chi connectivity index (χ3n) is 1.90. The van der Waals surface area contributed by atoms with E-state index in [1.807, 2.05) is 12.1 Å². The maximum atomic E-state index is 5.22. The number of hydrogen-bond donors (Lipinski definition) is 0. The molecule has 0 aliphatic carbocycles. The molecule has 2 nitrogen and oxygen atoms in total. The Morgan fingerprint density at radius 3 is 2.60 bits per heavy atom. The molecular weight excluding hydrogens is 253 g/mol. The fourth-order valence-electron chi connectivity index (χ4n) is 1.22. The van der Waals surface area contributed by atoms with Crippen LogP contribution in [-0.2, 0) is 0 Å². The Morgan fingerprint density at radius 1 is 1.07 bits per heavy atom. The summed E-state index contributed by atoms with van der Waals surface area (Å²) >= 11 is 0.265. The summed E-state index contributed by atoms with van der Waals surface area (Å²) in [6.45, 7) is 0. The van der Waals surface area contributed by atoms with Crippen LogP contribution in [0.3, 0.4) is 0 Å². The zero-order chi connectivity index (χ0) is 10.5. The Bertz CT molecular complexity index is 431. The van der Waals surface area contributed by atoms with E-state index in [1.165, 1.54) is 8.92 Å². The van der Waals surface area contributed by atoms with Gasteiger partial charge in [-0.1, -0.05) is 0 Å². The number of ether oxygens (including phenoxy) is 1. The van der Waals surface area contributed by atoms with Crippen molar-refractivity contribution in [2.45, 2.75) is 0 Å². The molecule has 3 heteroatoms. The number of nitrogens with zero attached hydrogens (tertiary/aromatic N) is 1. The van der Waals surface area contributed by atoms with Gasteiger partial charge < -0.3 is 0 Å². The van der Waals surface area contributed by atoms with Crippen LogP contribution in [0.2, 0.25) is 0 Å². The zero-order valence-electron chi connectivity index (χ0n) is 8.38. The molecule has 0 saturated carbocycles. The van der Waals surface area contributed by atoms with E-state index in [2.05, 4.69) is 35.3 Å². The van der Waals surface area contributed by atoms with Crippen molar-refractivity contribution in [1.82, 2.24) is 4.98 Å². The fraction of sp³-hybridized carbons (Fsp3) is 0.0833. The molecule has 76 valence electrons. The monoisotopic (exact) mass is 265 g/mol. The van der Waals surface area contributed by atoms with Gasteiger partial charge in [-0.2, -0.15) is 0 Å². The zero-order valence-corrected chi connectivity index (χ0v) is 10.1. The van der Waals surface area contributed by atoms with Gasteiger partial charge >= 0.3 is 95.3 Å². The van der Waals surface area contributed by atoms with Crippen molar-refractivity contribution in [2.75, 3.05) is 7.11 Å². The van der Waals surface area contributed by atoms with Crippen molar-refractivity contribution in [3.63, 3.8) is 0 Å². The van der Waals surface area contributed by atoms with Crippen LogP contribution in [0.5, 0.6) is 5.88 Å². The van der Waals surface area contributed by atoms with Crippen LogP contribution in [0.1, 0.15) is 0 Å². The van der Waals surface area contributed by atoms with Gasteiger partial charge in [0.1, 0.15) is 0 Å². The van der Waals surface area contributed by atoms with Gasteiger partial charge in [-0.25, -0.2) is 0 Å². The van der Waals surface area contributed by atoms with E-state index in [0.717, 1.165) is 5.88 Å². The van der Waals surface area contributed by atoms with E-state index >= 15 is 0 Å². The minimum atomic E-state index is 0.265. The van der Waals surface area contributed by atoms with Crippen LogP contribution in [0.4, 0.5) is 0 Å². The molecule has 2 aromatic rings. The molecule has 15 heavy (non-hydrogen) atoms. The second kappa shape index (κ2) is 4.96. The predicted molar refractivity (Wildman–Crippen MR) is 62.3 cm³/mol. The van der Waals surface area contributed by atoms with E-state index < -0.39 is 0 Å². The number of aromatic nitrogens is 1. The minimum absolute atomic E-state index is 0.265. The second-order valence-electron chi connectivity index (χ2n) is 2.93. The molecule has 0 unspecified atom stereocenters. The number of hydrogen-bond acceptors (Lipinski definition) is 2. The molecule has 0 saturated heterocycles. The molecule has 0 atom stereocenters. The van der Waals surface area contributed by atoms with Gasteiger partial charge in [-0.3, -0.25) is 0 Å². The van der Waals surface area contributed by atoms with Gasteiger partial charge in [0.2, 0.25) is 0 Å². The molecule has 2 rings (SSSR count). The summed E-state index contributed by atoms with van der Waals surface area (Å²) in [6.07, 6.45) is 1.75. The number of pyridine rings is 1. The van der Waals surface area contributed by atoms with Crippen molar-refractivity contribution in [3.8, 4) is 5.88 Å². The Balaban J connectivity index is 2.24. The second-order valence-corrected chi connectivity index (χ2v) is 5.27. The van der Waals surface area contributed by atoms with Gasteiger partial charge in [0.05, 0.1) is 0 Å². The van der Waals surface area contributed by atoms with E-state index in [1.54, 1.807) is 13.3 Å². The summed E-state index contributed by atoms with van der Waals surface area (Å²) in [7, 11) is 1.66. The van der Waals surface area contributed by atoms with E-state index in [-0.39, 0.29) is 15.0 Å². The molecule has 1 heterocycles. The first-order valence-corrected chi connectivity index (χ1v) is 6.33. The molecule has 0 aliphatic heterocycles. The van der Waals surface area contributed by atoms with Crippen LogP contribution in [0, 0.1) is 0 Å². The first-order valence-electron chi connectivity index (χ1n) is 4.62. The molecule has 0 N–H and O–H groups in total. The Hall–Kier alpha value is -1.31. The first kappa shape index (κ1) is 10.2. The van der Waals surface area contributed by atoms with Gasteiger partial charge in [0.25, 0.3) is 0 Å². The van der Waals surface area contributed by atoms with E-state index in [4.69, 9.17) is 4.74 Å². The molecule has 0 aliphatic rings. The van der Waals surface area contributed by atoms with Crippen molar-refractivity contribution in [3.05, 3.63) is 48.7 Å². The third-order valence-corrected chi connectivity index (χ3v) is 4.08. The molecule has 1 aromatic carbocycles. The van der Waals surface area contributed by atoms with Gasteiger partial charge in [0.15, 0.2) is 0 Å². The van der Waals surface area contributed by atoms with E-state index in [9.17, 15) is 0 Å². The Kier molecular flexibility index (Phi) is 3.38. The van der Waals surface area contributed by atoms with Crippen molar-refractivity contribution in [2.24, 2.45) is 0 Å². The van der Waals surface area contributed by atoms with Crippen LogP contribution < -0.4 is 13.7 Å². The molecule has 0 spiro atoms. The first-order chi connectivity index (χ1) is 7.40. The van der Waals surface area contributed by atoms with Crippen LogP contribution in [-0.4, -0.2) is 27.1 Å². The summed E-state index contributed by atoms with van der Waals surface area (Å²) in [5.41, 5.74) is 0. The SMILES string of the molecule is COc1ncccc1[Se]c1ccccc1. The van der Waals surface area contributed by atoms with Gasteiger partial charge in [0, 0.05) is 0 Å². The quantitative estimate of drug-likeness (QED) is 0.763. The van der Waals surface area contributed by atoms with Crippen molar-refractivity contribution < 1.29 is 4.74 Å². The van der Waals surface area contributed by atoms with Gasteiger partial charge in [-0.05, 0) is 0 Å². The molecule has 1 aromatic heterocycles. The molecule has 0 radical (unpaired) electrons. The van der Waals surface area contributed by atoms with Crippen molar-refractivity contribution in [1.29, 1.82) is 0 Å². The molecular formula is C12H11NOSe. The van der Waals surface area contributed by atoms with Crippen LogP contribution in [0.25, 0.3) is 0 Å². The van der Waals surface area contributed by atoms with Crippen LogP contribution in [0.15, 0.2) is 48.7 Å². The topological polar surface area (TPSA) is 22.1 Å². The average molecular weight is 264 g/mol. The average Bonchev–Trinajstić information content (AvgIpc) is 2.31. The molecule has 0 amide bonds. The van der Waals surface area contributed by atoms with Gasteiger partial charge in [-0.15, -0.1) is 0 Å². The Morgan fingerprint density at radius 2 is 1.87 bits per heavy atom. The molecule has 0 fully saturated rings. The fourth-order valence-corrected chi connectivity index (χ4v) is 3.15. The van der Waals surface area contributed by atoms with Crippen LogP contribution >= 0.6 is 0 Å². The Labute approximate surface area is 95.5 Å². The third kappa shape index (κ3) is 2.58. The van der Waals surface area contributed by atoms with Crippen molar-refractivity contribution >= 4 is 23.9 Å². The predicted octanol–water partition coefficient (Wildman–Crippen LogP) is 0.745. The standard InChI is InChI=1S/C12H11NOSe/c1-14-12-11(8-5-9-13-12)15-10-6-3-2-4-7-10/h2-9H,1H3. The maximum absolute atomic E-state index is 5.22. The normalized spacial score (nSPS) is 9.93. The number of rotatable bonds is 3.